The van der Waals surface area contributed by atoms with E-state index in [2.05, 4.69) is 20.8 Å². The fraction of sp³-hybridized carbons (Fsp3) is 0.158. The van der Waals surface area contributed by atoms with Crippen molar-refractivity contribution < 1.29 is 14.3 Å². The summed E-state index contributed by atoms with van der Waals surface area (Å²) in [6.45, 7) is 1.59. The second-order valence-corrected chi connectivity index (χ2v) is 7.25. The van der Waals surface area contributed by atoms with E-state index in [1.54, 1.807) is 38.3 Å². The summed E-state index contributed by atoms with van der Waals surface area (Å²) in [5.74, 6) is -0.0118. The molecule has 0 saturated heterocycles. The third-order valence-electron chi connectivity index (χ3n) is 3.84. The number of methoxy groups -OCH3 is 1. The van der Waals surface area contributed by atoms with E-state index in [1.807, 2.05) is 24.3 Å². The molecule has 2 amide bonds. The number of aromatic nitrogens is 2. The molecule has 144 valence electrons. The molecule has 1 unspecified atom stereocenters. The zero-order chi connectivity index (χ0) is 20.1. The molecule has 0 aliphatic carbocycles. The molecule has 9 heteroatoms. The number of nitrogens with one attached hydrogen (secondary N) is 2. The molecule has 1 aromatic heterocycles. The van der Waals surface area contributed by atoms with E-state index < -0.39 is 6.04 Å². The minimum absolute atomic E-state index is 0.350. The Bertz CT molecular complexity index is 974. The lowest BCUT2D eigenvalue weighted by atomic mass is 10.2. The molecule has 1 atom stereocenters. The van der Waals surface area contributed by atoms with E-state index in [0.29, 0.717) is 20.7 Å². The van der Waals surface area contributed by atoms with Crippen LogP contribution in [0.2, 0.25) is 5.02 Å². The first-order valence-electron chi connectivity index (χ1n) is 8.31. The van der Waals surface area contributed by atoms with E-state index >= 15 is 0 Å². The van der Waals surface area contributed by atoms with Gasteiger partial charge in [-0.1, -0.05) is 22.9 Å². The molecule has 0 aliphatic heterocycles. The molecule has 2 aromatic carbocycles. The van der Waals surface area contributed by atoms with Gasteiger partial charge in [0.15, 0.2) is 0 Å². The minimum Gasteiger partial charge on any atom is -0.497 e. The lowest BCUT2D eigenvalue weighted by molar-refractivity contribution is -0.117. The zero-order valence-electron chi connectivity index (χ0n) is 15.1. The van der Waals surface area contributed by atoms with Gasteiger partial charge in [-0.05, 0) is 55.5 Å². The van der Waals surface area contributed by atoms with Crippen LogP contribution < -0.4 is 15.4 Å². The van der Waals surface area contributed by atoms with Crippen LogP contribution in [0.5, 0.6) is 5.75 Å². The van der Waals surface area contributed by atoms with Crippen molar-refractivity contribution in [1.82, 2.24) is 15.5 Å². The highest BCUT2D eigenvalue weighted by molar-refractivity contribution is 7.18. The first kappa shape index (κ1) is 19.8. The fourth-order valence-electron chi connectivity index (χ4n) is 2.28. The molecule has 3 aromatic rings. The number of anilines is 1. The third kappa shape index (κ3) is 4.85. The Morgan fingerprint density at radius 2 is 1.75 bits per heavy atom. The number of ether oxygens (including phenoxy) is 1. The fourth-order valence-corrected chi connectivity index (χ4v) is 3.16. The molecule has 3 rings (SSSR count). The molecule has 28 heavy (non-hydrogen) atoms. The van der Waals surface area contributed by atoms with Crippen LogP contribution in [0.4, 0.5) is 5.13 Å². The number of nitrogens with zero attached hydrogens (tertiary/aromatic N) is 2. The van der Waals surface area contributed by atoms with E-state index in [0.717, 1.165) is 11.3 Å². The van der Waals surface area contributed by atoms with Gasteiger partial charge in [-0.3, -0.25) is 14.9 Å². The largest absolute Gasteiger partial charge is 0.497 e. The van der Waals surface area contributed by atoms with Crippen molar-refractivity contribution in [1.29, 1.82) is 0 Å². The quantitative estimate of drug-likeness (QED) is 0.640. The number of carbonyl (C=O) groups is 2. The maximum absolute atomic E-state index is 12.3. The van der Waals surface area contributed by atoms with Crippen LogP contribution in [0.25, 0.3) is 10.6 Å². The molecule has 0 radical (unpaired) electrons. The molecule has 0 fully saturated rings. The summed E-state index contributed by atoms with van der Waals surface area (Å²) in [5.41, 5.74) is 1.28. The Morgan fingerprint density at radius 1 is 1.07 bits per heavy atom. The Morgan fingerprint density at radius 3 is 2.39 bits per heavy atom. The number of carbonyl (C=O) groups excluding carboxylic acids is 2. The molecule has 0 saturated carbocycles. The SMILES string of the molecule is COc1ccc(-c2nnc(NC(=O)C(C)NC(=O)c3ccc(Cl)cc3)s2)cc1. The van der Waals surface area contributed by atoms with Crippen molar-refractivity contribution in [3.63, 3.8) is 0 Å². The van der Waals surface area contributed by atoms with Crippen LogP contribution in [0.3, 0.4) is 0 Å². The van der Waals surface area contributed by atoms with Crippen molar-refractivity contribution in [3.8, 4) is 16.3 Å². The van der Waals surface area contributed by atoms with Gasteiger partial charge in [-0.2, -0.15) is 0 Å². The summed E-state index contributed by atoms with van der Waals surface area (Å²) in [6, 6.07) is 13.0. The highest BCUT2D eigenvalue weighted by Crippen LogP contribution is 2.27. The Hall–Kier alpha value is -2.97. The van der Waals surface area contributed by atoms with Crippen molar-refractivity contribution in [2.24, 2.45) is 0 Å². The number of benzene rings is 2. The molecular formula is C19H17ClN4O3S. The molecular weight excluding hydrogens is 400 g/mol. The van der Waals surface area contributed by atoms with Crippen molar-refractivity contribution >= 4 is 39.9 Å². The number of hydrogen-bond acceptors (Lipinski definition) is 6. The van der Waals surface area contributed by atoms with Crippen molar-refractivity contribution in [2.75, 3.05) is 12.4 Å². The summed E-state index contributed by atoms with van der Waals surface area (Å²) in [6.07, 6.45) is 0. The number of hydrogen-bond donors (Lipinski definition) is 2. The van der Waals surface area contributed by atoms with Gasteiger partial charge in [0.25, 0.3) is 5.91 Å². The maximum Gasteiger partial charge on any atom is 0.251 e. The molecule has 1 heterocycles. The van der Waals surface area contributed by atoms with Gasteiger partial charge in [0, 0.05) is 16.1 Å². The highest BCUT2D eigenvalue weighted by atomic mass is 35.5. The van der Waals surface area contributed by atoms with Gasteiger partial charge in [-0.15, -0.1) is 10.2 Å². The van der Waals surface area contributed by atoms with Crippen molar-refractivity contribution in [3.05, 3.63) is 59.1 Å². The topological polar surface area (TPSA) is 93.2 Å². The summed E-state index contributed by atoms with van der Waals surface area (Å²) >= 11 is 7.05. The second-order valence-electron chi connectivity index (χ2n) is 5.83. The Kier molecular flexibility index (Phi) is 6.23. The van der Waals surface area contributed by atoms with E-state index in [-0.39, 0.29) is 11.8 Å². The van der Waals surface area contributed by atoms with Crippen LogP contribution in [0, 0.1) is 0 Å². The summed E-state index contributed by atoms with van der Waals surface area (Å²) < 4.78 is 5.13. The zero-order valence-corrected chi connectivity index (χ0v) is 16.7. The number of rotatable bonds is 6. The Balaban J connectivity index is 1.60. The van der Waals surface area contributed by atoms with Gasteiger partial charge in [0.1, 0.15) is 16.8 Å². The van der Waals surface area contributed by atoms with E-state index in [4.69, 9.17) is 16.3 Å². The van der Waals surface area contributed by atoms with Gasteiger partial charge in [0.2, 0.25) is 11.0 Å². The summed E-state index contributed by atoms with van der Waals surface area (Å²) in [7, 11) is 1.60. The second kappa shape index (κ2) is 8.81. The number of amides is 2. The number of halogens is 1. The van der Waals surface area contributed by atoms with Crippen LogP contribution in [0.1, 0.15) is 17.3 Å². The molecule has 0 aliphatic rings. The average Bonchev–Trinajstić information content (AvgIpc) is 3.17. The third-order valence-corrected chi connectivity index (χ3v) is 4.98. The normalized spacial score (nSPS) is 11.5. The monoisotopic (exact) mass is 416 g/mol. The first-order chi connectivity index (χ1) is 13.5. The molecule has 7 nitrogen and oxygen atoms in total. The summed E-state index contributed by atoms with van der Waals surface area (Å²) in [4.78, 5) is 24.5. The van der Waals surface area contributed by atoms with Crippen LogP contribution in [0.15, 0.2) is 48.5 Å². The van der Waals surface area contributed by atoms with Gasteiger partial charge < -0.3 is 10.1 Å². The Labute approximate surface area is 170 Å². The van der Waals surface area contributed by atoms with E-state index in [1.165, 1.54) is 11.3 Å². The van der Waals surface area contributed by atoms with Crippen LogP contribution in [-0.2, 0) is 4.79 Å². The molecule has 2 N–H and O–H groups in total. The van der Waals surface area contributed by atoms with Gasteiger partial charge >= 0.3 is 0 Å². The van der Waals surface area contributed by atoms with Crippen molar-refractivity contribution in [2.45, 2.75) is 13.0 Å². The smallest absolute Gasteiger partial charge is 0.251 e. The first-order valence-corrected chi connectivity index (χ1v) is 9.51. The lowest BCUT2D eigenvalue weighted by Crippen LogP contribution is -2.41. The summed E-state index contributed by atoms with van der Waals surface area (Å²) in [5, 5.41) is 14.9. The average molecular weight is 417 g/mol. The van der Waals surface area contributed by atoms with Gasteiger partial charge in [-0.25, -0.2) is 0 Å². The van der Waals surface area contributed by atoms with E-state index in [9.17, 15) is 9.59 Å². The molecule has 0 spiro atoms. The van der Waals surface area contributed by atoms with Gasteiger partial charge in [0.05, 0.1) is 7.11 Å². The maximum atomic E-state index is 12.3. The lowest BCUT2D eigenvalue weighted by Gasteiger charge is -2.12. The highest BCUT2D eigenvalue weighted by Gasteiger charge is 2.18. The molecule has 0 bridgehead atoms. The standard InChI is InChI=1S/C19H17ClN4O3S/c1-11(21-17(26)12-3-7-14(20)8-4-12)16(25)22-19-24-23-18(28-19)13-5-9-15(27-2)10-6-13/h3-11H,1-2H3,(H,21,26)(H,22,24,25). The van der Waals surface area contributed by atoms with Crippen LogP contribution >= 0.6 is 22.9 Å². The predicted molar refractivity (Wildman–Crippen MR) is 109 cm³/mol. The van der Waals surface area contributed by atoms with Crippen LogP contribution in [-0.4, -0.2) is 35.2 Å². The predicted octanol–water partition coefficient (Wildman–Crippen LogP) is 3.62. The minimum atomic E-state index is -0.753.